The van der Waals surface area contributed by atoms with Crippen LogP contribution in [0.4, 0.5) is 0 Å². The topological polar surface area (TPSA) is 74.9 Å². The molecule has 2 heterocycles. The van der Waals surface area contributed by atoms with Crippen LogP contribution >= 0.6 is 11.8 Å². The Morgan fingerprint density at radius 2 is 1.96 bits per heavy atom. The number of hydrogen-bond acceptors (Lipinski definition) is 5. The fraction of sp³-hybridized carbons (Fsp3) is 0.294. The van der Waals surface area contributed by atoms with Crippen LogP contribution in [0.25, 0.3) is 0 Å². The number of H-pyrrole nitrogens is 1. The van der Waals surface area contributed by atoms with Crippen LogP contribution in [0, 0.1) is 0 Å². The SMILES string of the molecule is CC(C)c1ccccc1C(O)c1nnc(SCc2ccoc2)[nH]1. The molecule has 0 spiro atoms. The first-order chi connectivity index (χ1) is 11.1. The molecule has 1 atom stereocenters. The van der Waals surface area contributed by atoms with Gasteiger partial charge in [0.2, 0.25) is 0 Å². The summed E-state index contributed by atoms with van der Waals surface area (Å²) in [4.78, 5) is 3.10. The highest BCUT2D eigenvalue weighted by atomic mass is 32.2. The van der Waals surface area contributed by atoms with Crippen molar-refractivity contribution < 1.29 is 9.52 Å². The molecule has 23 heavy (non-hydrogen) atoms. The van der Waals surface area contributed by atoms with Crippen LogP contribution in [-0.2, 0) is 5.75 Å². The van der Waals surface area contributed by atoms with E-state index in [0.29, 0.717) is 16.9 Å². The molecule has 0 aliphatic heterocycles. The number of hydrogen-bond donors (Lipinski definition) is 2. The molecule has 3 rings (SSSR count). The van der Waals surface area contributed by atoms with Crippen molar-refractivity contribution in [1.29, 1.82) is 0 Å². The van der Waals surface area contributed by atoms with Crippen LogP contribution < -0.4 is 0 Å². The average molecular weight is 329 g/mol. The van der Waals surface area contributed by atoms with E-state index in [1.165, 1.54) is 11.8 Å². The second kappa shape index (κ2) is 7.02. The molecule has 0 fully saturated rings. The van der Waals surface area contributed by atoms with Crippen LogP contribution in [0.15, 0.2) is 52.4 Å². The first-order valence-electron chi connectivity index (χ1n) is 7.48. The maximum absolute atomic E-state index is 10.6. The molecule has 0 radical (unpaired) electrons. The summed E-state index contributed by atoms with van der Waals surface area (Å²) >= 11 is 1.52. The number of aliphatic hydroxyl groups excluding tert-OH is 1. The zero-order valence-corrected chi connectivity index (χ0v) is 13.9. The Labute approximate surface area is 139 Å². The smallest absolute Gasteiger partial charge is 0.188 e. The van der Waals surface area contributed by atoms with Gasteiger partial charge in [0.1, 0.15) is 6.10 Å². The van der Waals surface area contributed by atoms with E-state index in [0.717, 1.165) is 22.4 Å². The van der Waals surface area contributed by atoms with Crippen LogP contribution in [-0.4, -0.2) is 20.3 Å². The lowest BCUT2D eigenvalue weighted by molar-refractivity contribution is 0.208. The molecule has 0 saturated heterocycles. The summed E-state index contributed by atoms with van der Waals surface area (Å²) in [7, 11) is 0. The van der Waals surface area contributed by atoms with Crippen molar-refractivity contribution in [2.45, 2.75) is 36.8 Å². The number of aliphatic hydroxyl groups is 1. The predicted molar refractivity (Wildman–Crippen MR) is 89.2 cm³/mol. The highest BCUT2D eigenvalue weighted by Crippen LogP contribution is 2.29. The minimum Gasteiger partial charge on any atom is -0.472 e. The molecule has 0 amide bonds. The molecule has 0 bridgehead atoms. The van der Waals surface area contributed by atoms with E-state index in [2.05, 4.69) is 29.0 Å². The summed E-state index contributed by atoms with van der Waals surface area (Å²) < 4.78 is 5.04. The third kappa shape index (κ3) is 3.65. The molecule has 3 aromatic rings. The number of nitrogens with one attached hydrogen (secondary N) is 1. The molecule has 120 valence electrons. The van der Waals surface area contributed by atoms with E-state index in [-0.39, 0.29) is 0 Å². The monoisotopic (exact) mass is 329 g/mol. The van der Waals surface area contributed by atoms with E-state index in [9.17, 15) is 5.11 Å². The van der Waals surface area contributed by atoms with E-state index >= 15 is 0 Å². The molecule has 0 aliphatic carbocycles. The lowest BCUT2D eigenvalue weighted by atomic mass is 9.94. The molecular weight excluding hydrogens is 310 g/mol. The minimum atomic E-state index is -0.802. The third-order valence-electron chi connectivity index (χ3n) is 3.61. The van der Waals surface area contributed by atoms with Gasteiger partial charge in [-0.2, -0.15) is 0 Å². The highest BCUT2D eigenvalue weighted by Gasteiger charge is 2.19. The van der Waals surface area contributed by atoms with E-state index < -0.39 is 6.10 Å². The average Bonchev–Trinajstić information content (AvgIpc) is 3.23. The Bertz CT molecular complexity index is 753. The molecule has 5 nitrogen and oxygen atoms in total. The van der Waals surface area contributed by atoms with E-state index in [1.54, 1.807) is 12.5 Å². The van der Waals surface area contributed by atoms with Gasteiger partial charge in [0.15, 0.2) is 11.0 Å². The van der Waals surface area contributed by atoms with Crippen LogP contribution in [0.3, 0.4) is 0 Å². The van der Waals surface area contributed by atoms with Gasteiger partial charge in [-0.05, 0) is 23.1 Å². The van der Waals surface area contributed by atoms with Crippen molar-refractivity contribution in [3.63, 3.8) is 0 Å². The van der Waals surface area contributed by atoms with Gasteiger partial charge >= 0.3 is 0 Å². The first-order valence-corrected chi connectivity index (χ1v) is 8.47. The predicted octanol–water partition coefficient (Wildman–Crippen LogP) is 3.90. The van der Waals surface area contributed by atoms with Crippen molar-refractivity contribution in [2.24, 2.45) is 0 Å². The number of rotatable bonds is 6. The lowest BCUT2D eigenvalue weighted by Gasteiger charge is -2.15. The molecule has 1 aromatic carbocycles. The zero-order chi connectivity index (χ0) is 16.2. The third-order valence-corrected chi connectivity index (χ3v) is 4.55. The molecular formula is C17H19N3O2S. The van der Waals surface area contributed by atoms with Gasteiger partial charge in [0.05, 0.1) is 12.5 Å². The molecule has 2 N–H and O–H groups in total. The summed E-state index contributed by atoms with van der Waals surface area (Å²) in [6.07, 6.45) is 2.55. The number of thioether (sulfide) groups is 1. The number of aromatic nitrogens is 3. The van der Waals surface area contributed by atoms with Gasteiger partial charge in [-0.15, -0.1) is 10.2 Å². The van der Waals surface area contributed by atoms with Crippen molar-refractivity contribution in [2.75, 3.05) is 0 Å². The maximum Gasteiger partial charge on any atom is 0.188 e. The number of aromatic amines is 1. The summed E-state index contributed by atoms with van der Waals surface area (Å²) in [5, 5.41) is 19.5. The Morgan fingerprint density at radius 1 is 1.17 bits per heavy atom. The van der Waals surface area contributed by atoms with Crippen LogP contribution in [0.1, 0.15) is 48.4 Å². The van der Waals surface area contributed by atoms with Crippen molar-refractivity contribution >= 4 is 11.8 Å². The Balaban J connectivity index is 1.74. The van der Waals surface area contributed by atoms with Gasteiger partial charge in [0, 0.05) is 11.3 Å². The van der Waals surface area contributed by atoms with Crippen LogP contribution in [0.5, 0.6) is 0 Å². The second-order valence-corrected chi connectivity index (χ2v) is 6.59. The highest BCUT2D eigenvalue weighted by molar-refractivity contribution is 7.98. The van der Waals surface area contributed by atoms with Gasteiger partial charge in [-0.25, -0.2) is 0 Å². The Kier molecular flexibility index (Phi) is 4.83. The summed E-state index contributed by atoms with van der Waals surface area (Å²) in [5.41, 5.74) is 3.06. The van der Waals surface area contributed by atoms with Gasteiger partial charge in [-0.3, -0.25) is 0 Å². The minimum absolute atomic E-state index is 0.332. The second-order valence-electron chi connectivity index (χ2n) is 5.62. The standard InChI is InChI=1S/C17H19N3O2S/c1-11(2)13-5-3-4-6-14(13)15(21)16-18-17(20-19-16)23-10-12-7-8-22-9-12/h3-9,11,15,21H,10H2,1-2H3,(H,18,19,20). The first kappa shape index (κ1) is 15.8. The zero-order valence-electron chi connectivity index (χ0n) is 13.1. The molecule has 2 aromatic heterocycles. The fourth-order valence-electron chi connectivity index (χ4n) is 2.41. The van der Waals surface area contributed by atoms with E-state index in [4.69, 9.17) is 4.42 Å². The Hall–Kier alpha value is -2.05. The fourth-order valence-corrected chi connectivity index (χ4v) is 3.15. The van der Waals surface area contributed by atoms with E-state index in [1.807, 2.05) is 30.3 Å². The molecule has 0 aliphatic rings. The Morgan fingerprint density at radius 3 is 2.65 bits per heavy atom. The number of nitrogens with zero attached hydrogens (tertiary/aromatic N) is 2. The quantitative estimate of drug-likeness (QED) is 0.671. The van der Waals surface area contributed by atoms with Crippen LogP contribution in [0.2, 0.25) is 0 Å². The molecule has 1 unspecified atom stereocenters. The van der Waals surface area contributed by atoms with Crippen molar-refractivity contribution in [1.82, 2.24) is 15.2 Å². The van der Waals surface area contributed by atoms with Gasteiger partial charge in [0.25, 0.3) is 0 Å². The summed E-state index contributed by atoms with van der Waals surface area (Å²) in [5.74, 6) is 1.54. The summed E-state index contributed by atoms with van der Waals surface area (Å²) in [6, 6.07) is 9.79. The van der Waals surface area contributed by atoms with Gasteiger partial charge < -0.3 is 14.5 Å². The number of benzene rings is 1. The van der Waals surface area contributed by atoms with Crippen molar-refractivity contribution in [3.8, 4) is 0 Å². The molecule has 0 saturated carbocycles. The number of furan rings is 1. The molecule has 6 heteroatoms. The lowest BCUT2D eigenvalue weighted by Crippen LogP contribution is -2.06. The summed E-state index contributed by atoms with van der Waals surface area (Å²) in [6.45, 7) is 4.22. The largest absolute Gasteiger partial charge is 0.472 e. The van der Waals surface area contributed by atoms with Crippen molar-refractivity contribution in [3.05, 3.63) is 65.4 Å². The maximum atomic E-state index is 10.6. The normalized spacial score (nSPS) is 12.7. The van der Waals surface area contributed by atoms with Gasteiger partial charge in [-0.1, -0.05) is 49.9 Å².